The minimum atomic E-state index is 0.854. The van der Waals surface area contributed by atoms with E-state index in [1.54, 1.807) is 0 Å². The first kappa shape index (κ1) is 32.6. The average Bonchev–Trinajstić information content (AvgIpc) is 4.07. The number of benzene rings is 9. The lowest BCUT2D eigenvalue weighted by molar-refractivity contribution is 0.666. The van der Waals surface area contributed by atoms with Crippen molar-refractivity contribution < 1.29 is 4.42 Å². The van der Waals surface area contributed by atoms with Crippen molar-refractivity contribution in [2.24, 2.45) is 0 Å². The molecule has 278 valence electrons. The highest BCUT2D eigenvalue weighted by molar-refractivity contribution is 7.26. The Labute approximate surface area is 350 Å². The molecule has 9 aromatic carbocycles. The molecule has 3 nitrogen and oxygen atoms in total. The third-order valence-electron chi connectivity index (χ3n) is 12.6. The number of hydrogen-bond acceptors (Lipinski definition) is 4. The van der Waals surface area contributed by atoms with E-state index in [0.29, 0.717) is 0 Å². The van der Waals surface area contributed by atoms with Gasteiger partial charge in [0.15, 0.2) is 5.58 Å². The van der Waals surface area contributed by atoms with Gasteiger partial charge in [-0.15, -0.1) is 22.7 Å². The Hall–Kier alpha value is -7.31. The molecule has 0 saturated heterocycles. The third kappa shape index (κ3) is 4.67. The van der Waals surface area contributed by atoms with Crippen molar-refractivity contribution in [2.45, 2.75) is 0 Å². The number of para-hydroxylation sites is 1. The number of nitrogens with zero attached hydrogens (tertiary/aromatic N) is 2. The second-order valence-corrected chi connectivity index (χ2v) is 18.1. The van der Waals surface area contributed by atoms with Crippen LogP contribution in [0.15, 0.2) is 187 Å². The van der Waals surface area contributed by atoms with Crippen molar-refractivity contribution in [3.8, 4) is 33.4 Å². The topological polar surface area (TPSA) is 30.4 Å². The van der Waals surface area contributed by atoms with Gasteiger partial charge in [-0.25, -0.2) is 4.98 Å². The van der Waals surface area contributed by atoms with Crippen molar-refractivity contribution in [2.75, 3.05) is 0 Å². The lowest BCUT2D eigenvalue weighted by Gasteiger charge is -2.14. The maximum absolute atomic E-state index is 6.38. The highest BCUT2D eigenvalue weighted by atomic mass is 32.1. The molecule has 5 aromatic heterocycles. The van der Waals surface area contributed by atoms with Gasteiger partial charge in [-0.1, -0.05) is 109 Å². The zero-order chi connectivity index (χ0) is 39.1. The number of thiophene rings is 2. The Kier molecular flexibility index (Phi) is 6.59. The molecule has 5 heterocycles. The Morgan fingerprint density at radius 2 is 0.900 bits per heavy atom. The van der Waals surface area contributed by atoms with E-state index in [9.17, 15) is 0 Å². The van der Waals surface area contributed by atoms with Gasteiger partial charge in [-0.05, 0) is 111 Å². The summed E-state index contributed by atoms with van der Waals surface area (Å²) in [6.07, 6.45) is 2.12. The zero-order valence-corrected chi connectivity index (χ0v) is 33.6. The van der Waals surface area contributed by atoms with Gasteiger partial charge in [0.05, 0.1) is 17.2 Å². The van der Waals surface area contributed by atoms with Crippen LogP contribution in [0.25, 0.3) is 134 Å². The SMILES string of the molecule is c1ccc2c(c1)oc1cn3c(cc12)nc1c2ccccc2c2cc(-c4cc(-c5ccc6c(c5)sc5ccccc56)cc(-c5ccc6sc7ccccc7c6c5)c4)ccc2c13. The average molecular weight is 799 g/mol. The molecule has 0 amide bonds. The first-order valence-corrected chi connectivity index (χ1v) is 21.9. The number of imidazole rings is 1. The van der Waals surface area contributed by atoms with Gasteiger partial charge in [0.1, 0.15) is 11.2 Å². The van der Waals surface area contributed by atoms with Crippen LogP contribution in [0.3, 0.4) is 0 Å². The molecule has 0 aliphatic heterocycles. The Bertz CT molecular complexity index is 4140. The monoisotopic (exact) mass is 798 g/mol. The molecule has 0 radical (unpaired) electrons. The largest absolute Gasteiger partial charge is 0.455 e. The summed E-state index contributed by atoms with van der Waals surface area (Å²) >= 11 is 3.73. The summed E-state index contributed by atoms with van der Waals surface area (Å²) in [7, 11) is 0. The second-order valence-electron chi connectivity index (χ2n) is 15.9. The fourth-order valence-corrected chi connectivity index (χ4v) is 12.0. The van der Waals surface area contributed by atoms with Crippen LogP contribution in [0.5, 0.6) is 0 Å². The van der Waals surface area contributed by atoms with E-state index in [0.717, 1.165) is 49.4 Å². The van der Waals surface area contributed by atoms with Crippen LogP contribution in [-0.4, -0.2) is 9.38 Å². The molecule has 0 aliphatic carbocycles. The van der Waals surface area contributed by atoms with Gasteiger partial charge in [0.2, 0.25) is 0 Å². The molecule has 0 aliphatic rings. The summed E-state index contributed by atoms with van der Waals surface area (Å²) in [6.45, 7) is 0. The maximum Gasteiger partial charge on any atom is 0.152 e. The van der Waals surface area contributed by atoms with Crippen molar-refractivity contribution in [3.05, 3.63) is 182 Å². The van der Waals surface area contributed by atoms with Crippen LogP contribution in [0.2, 0.25) is 0 Å². The molecule has 0 N–H and O–H groups in total. The Morgan fingerprint density at radius 3 is 1.67 bits per heavy atom. The minimum absolute atomic E-state index is 0.854. The molecular formula is C55H30N2OS2. The standard InChI is InChI=1S/C55H30N2OS2/c1-2-13-42-37(9-1)44-26-31(18-21-43(44)55-54(42)56-53-29-45-38-10-3-6-14-47(38)58-48(45)30-57(53)55)34-23-35(32-19-22-51-46(27-32)40-12-5-8-16-50(40)59-51)25-36(24-34)33-17-20-41-39-11-4-7-15-49(39)60-52(41)28-33/h1-30H. The van der Waals surface area contributed by atoms with Gasteiger partial charge in [0, 0.05) is 61.9 Å². The van der Waals surface area contributed by atoms with Crippen LogP contribution < -0.4 is 0 Å². The predicted octanol–water partition coefficient (Wildman–Crippen LogP) is 16.4. The van der Waals surface area contributed by atoms with Gasteiger partial charge < -0.3 is 4.42 Å². The zero-order valence-electron chi connectivity index (χ0n) is 31.9. The predicted molar refractivity (Wildman–Crippen MR) is 257 cm³/mol. The summed E-state index contributed by atoms with van der Waals surface area (Å²) in [6, 6.07) is 64.7. The summed E-state index contributed by atoms with van der Waals surface area (Å²) in [5, 5.41) is 12.1. The van der Waals surface area contributed by atoms with E-state index < -0.39 is 0 Å². The third-order valence-corrected chi connectivity index (χ3v) is 14.8. The van der Waals surface area contributed by atoms with Gasteiger partial charge in [-0.2, -0.15) is 0 Å². The van der Waals surface area contributed by atoms with Crippen molar-refractivity contribution >= 4 is 123 Å². The highest BCUT2D eigenvalue weighted by Gasteiger charge is 2.19. The number of hydrogen-bond donors (Lipinski definition) is 0. The molecule has 5 heteroatoms. The molecule has 0 saturated carbocycles. The molecule has 14 aromatic rings. The first-order valence-electron chi connectivity index (χ1n) is 20.2. The number of pyridine rings is 1. The first-order chi connectivity index (χ1) is 29.7. The minimum Gasteiger partial charge on any atom is -0.455 e. The quantitative estimate of drug-likeness (QED) is 0.167. The van der Waals surface area contributed by atoms with Gasteiger partial charge >= 0.3 is 0 Å². The molecule has 0 fully saturated rings. The van der Waals surface area contributed by atoms with Crippen LogP contribution in [0.1, 0.15) is 0 Å². The lowest BCUT2D eigenvalue weighted by atomic mass is 9.91. The fourth-order valence-electron chi connectivity index (χ4n) is 9.72. The van der Waals surface area contributed by atoms with Crippen LogP contribution in [-0.2, 0) is 0 Å². The van der Waals surface area contributed by atoms with Crippen LogP contribution in [0.4, 0.5) is 0 Å². The smallest absolute Gasteiger partial charge is 0.152 e. The van der Waals surface area contributed by atoms with Crippen molar-refractivity contribution in [1.29, 1.82) is 0 Å². The highest BCUT2D eigenvalue weighted by Crippen LogP contribution is 2.43. The number of rotatable bonds is 3. The molecule has 0 atom stereocenters. The molecule has 0 spiro atoms. The molecule has 0 bridgehead atoms. The lowest BCUT2D eigenvalue weighted by Crippen LogP contribution is -1.89. The molecular weight excluding hydrogens is 769 g/mol. The Morgan fingerprint density at radius 1 is 0.350 bits per heavy atom. The fraction of sp³-hybridized carbons (Fsp3) is 0. The second kappa shape index (κ2) is 12.1. The number of furan rings is 1. The summed E-state index contributed by atoms with van der Waals surface area (Å²) < 4.78 is 13.9. The van der Waals surface area contributed by atoms with Crippen molar-refractivity contribution in [3.63, 3.8) is 0 Å². The number of aromatic nitrogens is 2. The normalized spacial score (nSPS) is 12.3. The summed E-state index contributed by atoms with van der Waals surface area (Å²) in [5.74, 6) is 0. The number of fused-ring (bicyclic) bond motifs is 17. The van der Waals surface area contributed by atoms with Crippen LogP contribution in [0, 0.1) is 0 Å². The van der Waals surface area contributed by atoms with Crippen molar-refractivity contribution in [1.82, 2.24) is 9.38 Å². The van der Waals surface area contributed by atoms with E-state index in [1.165, 1.54) is 84.5 Å². The summed E-state index contributed by atoms with van der Waals surface area (Å²) in [5.41, 5.74) is 11.9. The van der Waals surface area contributed by atoms with Gasteiger partial charge in [0.25, 0.3) is 0 Å². The Balaban J connectivity index is 1.01. The van der Waals surface area contributed by atoms with Gasteiger partial charge in [-0.3, -0.25) is 4.40 Å². The van der Waals surface area contributed by atoms with E-state index >= 15 is 0 Å². The van der Waals surface area contributed by atoms with E-state index in [4.69, 9.17) is 9.40 Å². The molecule has 60 heavy (non-hydrogen) atoms. The maximum atomic E-state index is 6.38. The molecule has 0 unspecified atom stereocenters. The van der Waals surface area contributed by atoms with E-state index in [2.05, 4.69) is 174 Å². The molecule has 14 rings (SSSR count). The summed E-state index contributed by atoms with van der Waals surface area (Å²) in [4.78, 5) is 5.30. The van der Waals surface area contributed by atoms with Crippen LogP contribution >= 0.6 is 22.7 Å². The van der Waals surface area contributed by atoms with E-state index in [-0.39, 0.29) is 0 Å². The van der Waals surface area contributed by atoms with E-state index in [1.807, 2.05) is 34.8 Å².